The molecular weight excluding hydrogens is 324 g/mol. The second kappa shape index (κ2) is 6.45. The number of hydrogen-bond donors (Lipinski definition) is 0. The van der Waals surface area contributed by atoms with Gasteiger partial charge >= 0.3 is 5.69 Å². The summed E-state index contributed by atoms with van der Waals surface area (Å²) in [6.45, 7) is 5.63. The van der Waals surface area contributed by atoms with E-state index in [1.165, 1.54) is 6.07 Å². The summed E-state index contributed by atoms with van der Waals surface area (Å²) < 4.78 is 23.7. The van der Waals surface area contributed by atoms with Crippen LogP contribution in [0, 0.1) is 16.0 Å². The average molecular weight is 344 g/mol. The Hall–Kier alpha value is -1.28. The fourth-order valence-corrected chi connectivity index (χ4v) is 4.70. The molecule has 122 valence electrons. The number of benzene rings is 1. The van der Waals surface area contributed by atoms with Crippen LogP contribution in [0.5, 0.6) is 0 Å². The van der Waals surface area contributed by atoms with E-state index in [1.807, 2.05) is 16.7 Å². The van der Waals surface area contributed by atoms with Gasteiger partial charge in [0, 0.05) is 30.3 Å². The zero-order valence-electron chi connectivity index (χ0n) is 12.9. The molecule has 0 spiro atoms. The van der Waals surface area contributed by atoms with Crippen molar-refractivity contribution >= 4 is 33.0 Å². The summed E-state index contributed by atoms with van der Waals surface area (Å²) in [5, 5.41) is 11.8. The summed E-state index contributed by atoms with van der Waals surface area (Å²) in [7, 11) is -3.64. The van der Waals surface area contributed by atoms with E-state index < -0.39 is 14.8 Å². The van der Waals surface area contributed by atoms with E-state index in [2.05, 4.69) is 13.8 Å². The lowest BCUT2D eigenvalue weighted by atomic mass is 10.1. The SMILES string of the molecule is CC(C)C1CN(c2cccc(S(C)(=O)=O)c2[N+](=O)[O-])CCS1. The lowest BCUT2D eigenvalue weighted by Gasteiger charge is -2.35. The van der Waals surface area contributed by atoms with Gasteiger partial charge in [-0.1, -0.05) is 19.9 Å². The van der Waals surface area contributed by atoms with Crippen molar-refractivity contribution in [3.8, 4) is 0 Å². The lowest BCUT2D eigenvalue weighted by Crippen LogP contribution is -2.40. The van der Waals surface area contributed by atoms with E-state index >= 15 is 0 Å². The van der Waals surface area contributed by atoms with Gasteiger partial charge in [0.25, 0.3) is 0 Å². The highest BCUT2D eigenvalue weighted by Crippen LogP contribution is 2.37. The Kier molecular flexibility index (Phi) is 5.01. The maximum absolute atomic E-state index is 11.8. The summed E-state index contributed by atoms with van der Waals surface area (Å²) in [6, 6.07) is 4.51. The molecule has 1 aromatic rings. The van der Waals surface area contributed by atoms with Gasteiger partial charge in [-0.3, -0.25) is 10.1 Å². The van der Waals surface area contributed by atoms with Crippen LogP contribution in [-0.2, 0) is 9.84 Å². The molecule has 0 bridgehead atoms. The molecule has 0 amide bonds. The molecule has 0 aliphatic carbocycles. The van der Waals surface area contributed by atoms with Gasteiger partial charge < -0.3 is 4.90 Å². The lowest BCUT2D eigenvalue weighted by molar-refractivity contribution is -0.387. The number of hydrogen-bond acceptors (Lipinski definition) is 6. The van der Waals surface area contributed by atoms with Gasteiger partial charge in [-0.2, -0.15) is 11.8 Å². The molecule has 1 aliphatic heterocycles. The third-order valence-corrected chi connectivity index (χ3v) is 6.41. The molecule has 1 fully saturated rings. The Bertz CT molecular complexity index is 673. The molecule has 1 heterocycles. The van der Waals surface area contributed by atoms with Crippen LogP contribution in [0.25, 0.3) is 0 Å². The maximum Gasteiger partial charge on any atom is 0.311 e. The molecule has 6 nitrogen and oxygen atoms in total. The molecule has 0 saturated carbocycles. The molecule has 1 aromatic carbocycles. The number of nitrogens with zero attached hydrogens (tertiary/aromatic N) is 2. The van der Waals surface area contributed by atoms with Crippen LogP contribution in [0.1, 0.15) is 13.8 Å². The van der Waals surface area contributed by atoms with Crippen LogP contribution in [0.4, 0.5) is 11.4 Å². The van der Waals surface area contributed by atoms with Crippen LogP contribution in [0.2, 0.25) is 0 Å². The number of sulfone groups is 1. The summed E-state index contributed by atoms with van der Waals surface area (Å²) in [5.41, 5.74) is 0.0956. The maximum atomic E-state index is 11.8. The minimum atomic E-state index is -3.64. The van der Waals surface area contributed by atoms with Crippen molar-refractivity contribution in [3.63, 3.8) is 0 Å². The predicted octanol–water partition coefficient (Wildman–Crippen LogP) is 2.58. The van der Waals surface area contributed by atoms with E-state index in [0.717, 1.165) is 12.0 Å². The molecular formula is C14H20N2O4S2. The molecule has 0 N–H and O–H groups in total. The molecule has 8 heteroatoms. The van der Waals surface area contributed by atoms with Crippen molar-refractivity contribution in [2.24, 2.45) is 5.92 Å². The zero-order chi connectivity index (χ0) is 16.5. The van der Waals surface area contributed by atoms with Gasteiger partial charge in [0.05, 0.1) is 4.92 Å². The highest BCUT2D eigenvalue weighted by atomic mass is 32.2. The number of anilines is 1. The predicted molar refractivity (Wildman–Crippen MR) is 89.5 cm³/mol. The van der Waals surface area contributed by atoms with E-state index in [1.54, 1.807) is 12.1 Å². The van der Waals surface area contributed by atoms with E-state index in [4.69, 9.17) is 0 Å². The van der Waals surface area contributed by atoms with E-state index in [0.29, 0.717) is 29.9 Å². The average Bonchev–Trinajstić information content (AvgIpc) is 2.45. The van der Waals surface area contributed by atoms with Crippen LogP contribution in [0.3, 0.4) is 0 Å². The first-order chi connectivity index (χ1) is 10.2. The van der Waals surface area contributed by atoms with Crippen molar-refractivity contribution in [3.05, 3.63) is 28.3 Å². The highest BCUT2D eigenvalue weighted by Gasteiger charge is 2.31. The molecule has 22 heavy (non-hydrogen) atoms. The highest BCUT2D eigenvalue weighted by molar-refractivity contribution is 8.00. The first-order valence-electron chi connectivity index (χ1n) is 7.06. The van der Waals surface area contributed by atoms with Crippen LogP contribution >= 0.6 is 11.8 Å². The number of nitro groups is 1. The van der Waals surface area contributed by atoms with Gasteiger partial charge in [0.1, 0.15) is 10.6 Å². The first kappa shape index (κ1) is 17.1. The smallest absolute Gasteiger partial charge is 0.311 e. The molecule has 1 atom stereocenters. The summed E-state index contributed by atoms with van der Waals surface area (Å²) in [6.07, 6.45) is 1.00. The number of nitro benzene ring substituents is 1. The Balaban J connectivity index is 2.49. The number of thioether (sulfide) groups is 1. The standard InChI is InChI=1S/C14H20N2O4S2/c1-10(2)12-9-15(7-8-21-12)11-5-4-6-13(22(3,19)20)14(11)16(17)18/h4-6,10,12H,7-9H2,1-3H3. The molecule has 1 aliphatic rings. The molecule has 2 rings (SSSR count). The fourth-order valence-electron chi connectivity index (χ4n) is 2.55. The topological polar surface area (TPSA) is 80.5 Å². The van der Waals surface area contributed by atoms with Gasteiger partial charge in [-0.15, -0.1) is 0 Å². The Morgan fingerprint density at radius 1 is 1.41 bits per heavy atom. The minimum Gasteiger partial charge on any atom is -0.364 e. The van der Waals surface area contributed by atoms with Crippen molar-refractivity contribution in [1.82, 2.24) is 0 Å². The van der Waals surface area contributed by atoms with Crippen molar-refractivity contribution in [1.29, 1.82) is 0 Å². The first-order valence-corrected chi connectivity index (χ1v) is 10.00. The second-order valence-electron chi connectivity index (χ2n) is 5.75. The Labute approximate surface area is 135 Å². The van der Waals surface area contributed by atoms with Crippen molar-refractivity contribution in [2.75, 3.05) is 30.0 Å². The van der Waals surface area contributed by atoms with E-state index in [9.17, 15) is 18.5 Å². The summed E-state index contributed by atoms with van der Waals surface area (Å²) in [5.74, 6) is 1.34. The summed E-state index contributed by atoms with van der Waals surface area (Å²) in [4.78, 5) is 12.6. The zero-order valence-corrected chi connectivity index (χ0v) is 14.5. The summed E-state index contributed by atoms with van der Waals surface area (Å²) >= 11 is 1.86. The number of para-hydroxylation sites is 1. The molecule has 0 aromatic heterocycles. The monoisotopic (exact) mass is 344 g/mol. The normalized spacial score (nSPS) is 19.5. The van der Waals surface area contributed by atoms with Crippen LogP contribution in [-0.4, -0.2) is 43.7 Å². The van der Waals surface area contributed by atoms with Crippen LogP contribution < -0.4 is 4.90 Å². The van der Waals surface area contributed by atoms with E-state index in [-0.39, 0.29) is 10.6 Å². The Morgan fingerprint density at radius 2 is 2.09 bits per heavy atom. The molecule has 1 unspecified atom stereocenters. The van der Waals surface area contributed by atoms with Crippen molar-refractivity contribution < 1.29 is 13.3 Å². The van der Waals surface area contributed by atoms with Gasteiger partial charge in [-0.25, -0.2) is 8.42 Å². The molecule has 0 radical (unpaired) electrons. The second-order valence-corrected chi connectivity index (χ2v) is 9.08. The van der Waals surface area contributed by atoms with Crippen LogP contribution in [0.15, 0.2) is 23.1 Å². The third kappa shape index (κ3) is 3.55. The quantitative estimate of drug-likeness (QED) is 0.617. The minimum absolute atomic E-state index is 0.214. The largest absolute Gasteiger partial charge is 0.364 e. The van der Waals surface area contributed by atoms with Gasteiger partial charge in [0.15, 0.2) is 9.84 Å². The fraction of sp³-hybridized carbons (Fsp3) is 0.571. The number of rotatable bonds is 4. The molecule has 1 saturated heterocycles. The Morgan fingerprint density at radius 3 is 2.64 bits per heavy atom. The van der Waals surface area contributed by atoms with Gasteiger partial charge in [0.2, 0.25) is 0 Å². The van der Waals surface area contributed by atoms with Crippen molar-refractivity contribution in [2.45, 2.75) is 24.0 Å². The third-order valence-electron chi connectivity index (χ3n) is 3.74. The van der Waals surface area contributed by atoms with Gasteiger partial charge in [-0.05, 0) is 18.1 Å².